The largest absolute Gasteiger partial charge is 0.542 e. The van der Waals surface area contributed by atoms with Crippen LogP contribution in [0.3, 0.4) is 0 Å². The van der Waals surface area contributed by atoms with Gasteiger partial charge >= 0.3 is 12.4 Å². The third-order valence-corrected chi connectivity index (χ3v) is 8.29. The number of carbonyl (C=O) groups is 4. The highest BCUT2D eigenvalue weighted by molar-refractivity contribution is 5.93. The van der Waals surface area contributed by atoms with Crippen molar-refractivity contribution in [2.24, 2.45) is 4.99 Å². The van der Waals surface area contributed by atoms with Gasteiger partial charge in [0.2, 0.25) is 11.7 Å². The Morgan fingerprint density at radius 2 is 1.61 bits per heavy atom. The summed E-state index contributed by atoms with van der Waals surface area (Å²) >= 11 is 0. The Morgan fingerprint density at radius 1 is 0.982 bits per heavy atom. The van der Waals surface area contributed by atoms with Crippen molar-refractivity contribution in [1.82, 2.24) is 15.3 Å². The van der Waals surface area contributed by atoms with E-state index in [4.69, 9.17) is 29.5 Å². The molecular weight excluding hydrogens is 754 g/mol. The number of carboxylic acids is 2. The third-order valence-electron chi connectivity index (χ3n) is 8.29. The minimum atomic E-state index is -5.19. The number of aromatic amines is 1. The number of aliphatic carboxylic acids is 2. The molecule has 0 saturated heterocycles. The number of alkyl halides is 6. The Labute approximate surface area is 319 Å². The average molecular weight is 801 g/mol. The number of hydrogen-bond donors (Lipinski definition) is 4. The molecule has 308 valence electrons. The van der Waals surface area contributed by atoms with Crippen molar-refractivity contribution >= 4 is 40.4 Å². The van der Waals surface area contributed by atoms with Gasteiger partial charge in [-0.3, -0.25) is 20.3 Å². The number of aliphatic imine (C=N–C) groups is 1. The number of fused-ring (bicyclic) bond motifs is 1. The minimum Gasteiger partial charge on any atom is -0.542 e. The Kier molecular flexibility index (Phi) is 18.7. The molecule has 1 atom stereocenters. The summed E-state index contributed by atoms with van der Waals surface area (Å²) in [5.41, 5.74) is 7.52. The number of nitrogens with two attached hydrogens (primary N) is 2. The molecule has 0 aliphatic carbocycles. The molecule has 13 nitrogen and oxygen atoms in total. The smallest absolute Gasteiger partial charge is 0.430 e. The van der Waals surface area contributed by atoms with E-state index in [2.05, 4.69) is 57.4 Å². The zero-order valence-electron chi connectivity index (χ0n) is 31.3. The van der Waals surface area contributed by atoms with Crippen molar-refractivity contribution in [2.45, 2.75) is 83.7 Å². The number of nitrogens with one attached hydrogen (secondary N) is 2. The van der Waals surface area contributed by atoms with E-state index in [1.165, 1.54) is 5.56 Å². The van der Waals surface area contributed by atoms with Crippen LogP contribution in [-0.4, -0.2) is 78.6 Å². The first kappa shape index (κ1) is 46.9. The van der Waals surface area contributed by atoms with E-state index in [0.29, 0.717) is 18.6 Å². The molecule has 56 heavy (non-hydrogen) atoms. The molecule has 2 aromatic carbocycles. The number of halogens is 6. The number of aryl methyl sites for hydroxylation is 1. The number of H-pyrrole nitrogens is 1. The zero-order chi connectivity index (χ0) is 42.1. The predicted molar refractivity (Wildman–Crippen MR) is 188 cm³/mol. The summed E-state index contributed by atoms with van der Waals surface area (Å²) < 4.78 is 68.5. The molecule has 19 heteroatoms. The number of carboxylic acid groups (broad SMARTS) is 2. The van der Waals surface area contributed by atoms with Gasteiger partial charge in [0.25, 0.3) is 0 Å². The number of benzene rings is 2. The second-order valence-corrected chi connectivity index (χ2v) is 12.7. The fraction of sp³-hybridized carbons (Fsp3) is 0.432. The fourth-order valence-corrected chi connectivity index (χ4v) is 5.36. The minimum absolute atomic E-state index is 0.0355. The van der Waals surface area contributed by atoms with Crippen LogP contribution >= 0.6 is 0 Å². The number of aromatic nitrogens is 1. The Bertz CT molecular complexity index is 1800. The maximum Gasteiger partial charge on any atom is 0.430 e. The van der Waals surface area contributed by atoms with Gasteiger partial charge in [0, 0.05) is 36.5 Å². The quantitative estimate of drug-likeness (QED) is 0.0681. The number of methoxy groups -OCH3 is 1. The van der Waals surface area contributed by atoms with Crippen LogP contribution in [0.2, 0.25) is 0 Å². The van der Waals surface area contributed by atoms with Gasteiger partial charge in [0.1, 0.15) is 29.5 Å². The molecule has 0 saturated carbocycles. The average Bonchev–Trinajstić information content (AvgIpc) is 3.73. The number of ketones is 1. The van der Waals surface area contributed by atoms with E-state index in [9.17, 15) is 35.9 Å². The molecule has 0 bridgehead atoms. The SMILES string of the molecule is CCC(=O)CCCCCC(NC(=O)Cc1c(C)[nH]c2ccc(OC)cc12)C1=NC=C(C[NH2+]N(C)Cc2ccccc2)[NH2+]1.O=C([O-])C(F)(F)F.O=C([O-])C(F)(F)F. The van der Waals surface area contributed by atoms with Gasteiger partial charge in [0.15, 0.2) is 12.2 Å². The van der Waals surface area contributed by atoms with Crippen LogP contribution in [0.25, 0.3) is 10.9 Å². The van der Waals surface area contributed by atoms with E-state index in [1.807, 2.05) is 44.3 Å². The van der Waals surface area contributed by atoms with E-state index in [-0.39, 0.29) is 18.4 Å². The second-order valence-electron chi connectivity index (χ2n) is 12.7. The Morgan fingerprint density at radius 3 is 2.18 bits per heavy atom. The molecule has 1 aliphatic heterocycles. The first-order valence-electron chi connectivity index (χ1n) is 17.5. The Balaban J connectivity index is 0.000000657. The maximum absolute atomic E-state index is 13.4. The molecule has 4 rings (SSSR count). The van der Waals surface area contributed by atoms with Gasteiger partial charge in [0.05, 0.1) is 26.3 Å². The lowest BCUT2D eigenvalue weighted by atomic mass is 10.0. The number of ether oxygens (including phenoxy) is 1. The highest BCUT2D eigenvalue weighted by Gasteiger charge is 2.30. The van der Waals surface area contributed by atoms with Crippen molar-refractivity contribution in [3.05, 3.63) is 77.2 Å². The van der Waals surface area contributed by atoms with Gasteiger partial charge in [-0.15, -0.1) is 0 Å². The standard InChI is InChI=1S/C33H44N6O3.2C2HF3O2/c1-5-26(40)14-10-7-11-15-31(33-34-20-25(37-33)21-35-39(3)22-24-12-8-6-9-13-24)38-32(41)19-28-23(2)36-30-17-16-27(42-4)18-29(28)30;2*3-2(4,5)1(6)7/h6,8-9,12-13,16-18,20,31,35-36H,5,7,10-11,14-15,19,21-22H2,1-4H3,(H,34,37)(H,38,41);2*(H,6,7). The zero-order valence-corrected chi connectivity index (χ0v) is 31.3. The Hall–Kier alpha value is -5.27. The van der Waals surface area contributed by atoms with Crippen LogP contribution in [0.4, 0.5) is 26.3 Å². The van der Waals surface area contributed by atoms with Gasteiger partial charge in [-0.1, -0.05) is 50.1 Å². The van der Waals surface area contributed by atoms with Gasteiger partial charge in [-0.05, 0) is 49.1 Å². The number of amides is 1. The third kappa shape index (κ3) is 16.6. The summed E-state index contributed by atoms with van der Waals surface area (Å²) in [6.07, 6.45) is -3.46. The van der Waals surface area contributed by atoms with Crippen LogP contribution in [0.15, 0.2) is 65.4 Å². The van der Waals surface area contributed by atoms with E-state index in [1.54, 1.807) is 7.11 Å². The molecule has 1 amide bonds. The molecule has 6 N–H and O–H groups in total. The van der Waals surface area contributed by atoms with Crippen LogP contribution in [-0.2, 0) is 32.1 Å². The van der Waals surface area contributed by atoms with Crippen molar-refractivity contribution in [2.75, 3.05) is 20.7 Å². The summed E-state index contributed by atoms with van der Waals surface area (Å²) in [6.45, 7) is 5.53. The number of unbranched alkanes of at least 4 members (excludes halogenated alkanes) is 2. The summed E-state index contributed by atoms with van der Waals surface area (Å²) in [5, 5.41) is 26.2. The van der Waals surface area contributed by atoms with Crippen molar-refractivity contribution in [3.8, 4) is 5.75 Å². The molecule has 1 aliphatic rings. The van der Waals surface area contributed by atoms with Gasteiger partial charge in [-0.2, -0.15) is 31.4 Å². The van der Waals surface area contributed by atoms with Crippen LogP contribution in [0, 0.1) is 6.92 Å². The molecule has 0 radical (unpaired) electrons. The number of amidine groups is 1. The number of Topliss-reactive ketones (excluding diaryl/α,β-unsaturated/α-hetero) is 1. The summed E-state index contributed by atoms with van der Waals surface area (Å²) in [6, 6.07) is 16.1. The van der Waals surface area contributed by atoms with Crippen LogP contribution in [0.5, 0.6) is 5.75 Å². The normalized spacial score (nSPS) is 13.1. The number of rotatable bonds is 17. The number of carbonyl (C=O) groups excluding carboxylic acids is 4. The van der Waals surface area contributed by atoms with Crippen molar-refractivity contribution < 1.29 is 71.2 Å². The highest BCUT2D eigenvalue weighted by atomic mass is 19.4. The molecule has 3 aromatic rings. The van der Waals surface area contributed by atoms with Crippen molar-refractivity contribution in [1.29, 1.82) is 0 Å². The molecule has 2 heterocycles. The summed E-state index contributed by atoms with van der Waals surface area (Å²) in [4.78, 5) is 50.8. The first-order valence-corrected chi connectivity index (χ1v) is 17.5. The molecule has 1 unspecified atom stereocenters. The van der Waals surface area contributed by atoms with Gasteiger partial charge < -0.3 is 34.8 Å². The fourth-order valence-electron chi connectivity index (χ4n) is 5.36. The number of hydrogen-bond acceptors (Lipinski definition) is 9. The molecule has 0 spiro atoms. The number of quaternary nitrogens is 2. The molecule has 1 aromatic heterocycles. The molecule has 0 fully saturated rings. The maximum atomic E-state index is 13.4. The van der Waals surface area contributed by atoms with E-state index < -0.39 is 24.3 Å². The van der Waals surface area contributed by atoms with Crippen LogP contribution in [0.1, 0.15) is 62.3 Å². The monoisotopic (exact) mass is 800 g/mol. The van der Waals surface area contributed by atoms with E-state index in [0.717, 1.165) is 78.2 Å². The topological polar surface area (TPSA) is 200 Å². The first-order chi connectivity index (χ1) is 26.2. The van der Waals surface area contributed by atoms with Crippen LogP contribution < -0.4 is 31.0 Å². The lowest BCUT2D eigenvalue weighted by Gasteiger charge is -2.18. The van der Waals surface area contributed by atoms with E-state index >= 15 is 0 Å². The lowest BCUT2D eigenvalue weighted by Crippen LogP contribution is -2.98. The summed E-state index contributed by atoms with van der Waals surface area (Å²) in [7, 11) is 3.73. The van der Waals surface area contributed by atoms with Crippen molar-refractivity contribution in [3.63, 3.8) is 0 Å². The predicted octanol–water partition coefficient (Wildman–Crippen LogP) is 1.47. The second kappa shape index (κ2) is 22.3. The molecular formula is C37H46F6N6O7. The lowest BCUT2D eigenvalue weighted by molar-refractivity contribution is -0.806. The highest BCUT2D eigenvalue weighted by Crippen LogP contribution is 2.27. The van der Waals surface area contributed by atoms with Gasteiger partial charge in [-0.25, -0.2) is 4.99 Å². The number of nitrogens with zero attached hydrogens (tertiary/aromatic N) is 2. The summed E-state index contributed by atoms with van der Waals surface area (Å²) in [5.74, 6) is -4.09.